The lowest BCUT2D eigenvalue weighted by atomic mass is 9.93. The summed E-state index contributed by atoms with van der Waals surface area (Å²) in [5, 5.41) is 50.6. The van der Waals surface area contributed by atoms with Gasteiger partial charge in [-0.15, -0.1) is 0 Å². The molecule has 6 N–H and O–H groups in total. The Balaban J connectivity index is -0.000000384. The van der Waals surface area contributed by atoms with Gasteiger partial charge in [0.1, 0.15) is 0 Å². The highest BCUT2D eigenvalue weighted by molar-refractivity contribution is 5.66. The molecule has 0 aromatic carbocycles. The van der Waals surface area contributed by atoms with Crippen molar-refractivity contribution in [3.05, 3.63) is 0 Å². The number of carboxylic acid groups (broad SMARTS) is 2. The molecule has 0 aliphatic carbocycles. The van der Waals surface area contributed by atoms with Gasteiger partial charge in [0.2, 0.25) is 0 Å². The fourth-order valence-corrected chi connectivity index (χ4v) is 2.36. The molecule has 0 aromatic heterocycles. The van der Waals surface area contributed by atoms with E-state index in [1.54, 1.807) is 0 Å². The molecule has 0 saturated carbocycles. The van der Waals surface area contributed by atoms with Crippen LogP contribution in [0, 0.1) is 11.3 Å². The Bertz CT molecular complexity index is 378. The molecule has 0 fully saturated rings. The summed E-state index contributed by atoms with van der Waals surface area (Å²) in [5.74, 6) is -0.638. The molecule has 0 heterocycles. The predicted molar refractivity (Wildman–Crippen MR) is 122 cm³/mol. The quantitative estimate of drug-likeness (QED) is 0.183. The lowest BCUT2D eigenvalue weighted by molar-refractivity contribution is -0.138. The second-order valence-electron chi connectivity index (χ2n) is 8.43. The van der Waals surface area contributed by atoms with Gasteiger partial charge in [0.25, 0.3) is 0 Å². The van der Waals surface area contributed by atoms with E-state index in [0.717, 1.165) is 32.1 Å². The first kappa shape index (κ1) is 34.4. The Hall–Kier alpha value is -1.22. The van der Waals surface area contributed by atoms with E-state index in [9.17, 15) is 9.59 Å². The Kier molecular flexibility index (Phi) is 27.8. The van der Waals surface area contributed by atoms with Crippen LogP contribution >= 0.6 is 0 Å². The van der Waals surface area contributed by atoms with Crippen LogP contribution in [0.3, 0.4) is 0 Å². The zero-order valence-electron chi connectivity index (χ0n) is 19.9. The third-order valence-electron chi connectivity index (χ3n) is 4.76. The maximum absolute atomic E-state index is 10.1. The van der Waals surface area contributed by atoms with E-state index in [1.165, 1.54) is 32.1 Å². The van der Waals surface area contributed by atoms with Crippen molar-refractivity contribution in [3.8, 4) is 0 Å². The summed E-state index contributed by atoms with van der Waals surface area (Å²) in [7, 11) is 0. The first-order valence-corrected chi connectivity index (χ1v) is 11.5. The van der Waals surface area contributed by atoms with Gasteiger partial charge in [-0.2, -0.15) is 0 Å². The van der Waals surface area contributed by atoms with E-state index in [-0.39, 0.29) is 0 Å². The molecule has 0 unspecified atom stereocenters. The summed E-state index contributed by atoms with van der Waals surface area (Å²) >= 11 is 0. The van der Waals surface area contributed by atoms with Crippen LogP contribution in [-0.4, -0.2) is 69.0 Å². The number of unbranched alkanes of at least 4 members (excludes halogenated alkanes) is 7. The van der Waals surface area contributed by atoms with E-state index < -0.39 is 43.8 Å². The predicted octanol–water partition coefficient (Wildman–Crippen LogP) is 3.44. The van der Waals surface area contributed by atoms with Crippen molar-refractivity contribution in [1.29, 1.82) is 0 Å². The molecule has 0 amide bonds. The van der Waals surface area contributed by atoms with Crippen LogP contribution < -0.4 is 0 Å². The highest BCUT2D eigenvalue weighted by Crippen LogP contribution is 2.12. The Morgan fingerprint density at radius 1 is 0.645 bits per heavy atom. The Labute approximate surface area is 188 Å². The van der Waals surface area contributed by atoms with Crippen molar-refractivity contribution in [2.24, 2.45) is 11.3 Å². The number of rotatable bonds is 17. The third-order valence-corrected chi connectivity index (χ3v) is 4.76. The summed E-state index contributed by atoms with van der Waals surface area (Å²) in [6.07, 6.45) is 12.0. The molecule has 8 nitrogen and oxygen atoms in total. The van der Waals surface area contributed by atoms with Gasteiger partial charge in [-0.05, 0) is 18.8 Å². The molecule has 0 radical (unpaired) electrons. The van der Waals surface area contributed by atoms with Crippen molar-refractivity contribution in [3.63, 3.8) is 0 Å². The molecule has 0 aromatic rings. The largest absolute Gasteiger partial charge is 0.481 e. The van der Waals surface area contributed by atoms with Gasteiger partial charge < -0.3 is 30.6 Å². The minimum atomic E-state index is -1.11. The first-order valence-electron chi connectivity index (χ1n) is 11.5. The fraction of sp³-hybridized carbons (Fsp3) is 0.913. The van der Waals surface area contributed by atoms with Crippen LogP contribution in [0.25, 0.3) is 0 Å². The standard InChI is InChI=1S/C10H20O2.C8H16O2.C5H12O4/c1-2-3-4-5-6-7-8-9-10(11)12;1-7(2)5-3-4-6-8(9)10;6-1-5(2-7,3-8)4-9/h2-9H2,1H3,(H,11,12);7H,3-6H2,1-2H3,(H,9,10);6-9H,1-4H2. The molecular weight excluding hydrogens is 404 g/mol. The number of aliphatic hydroxyl groups is 4. The van der Waals surface area contributed by atoms with Gasteiger partial charge in [0.05, 0.1) is 31.8 Å². The lowest BCUT2D eigenvalue weighted by Crippen LogP contribution is -2.37. The van der Waals surface area contributed by atoms with Crippen LogP contribution in [0.15, 0.2) is 0 Å². The maximum Gasteiger partial charge on any atom is 0.303 e. The van der Waals surface area contributed by atoms with Crippen molar-refractivity contribution >= 4 is 11.9 Å². The zero-order chi connectivity index (χ0) is 24.5. The Morgan fingerprint density at radius 2 is 1.00 bits per heavy atom. The molecule has 31 heavy (non-hydrogen) atoms. The highest BCUT2D eigenvalue weighted by atomic mass is 16.4. The van der Waals surface area contributed by atoms with Gasteiger partial charge >= 0.3 is 11.9 Å². The molecular formula is C23H48O8. The Morgan fingerprint density at radius 3 is 1.29 bits per heavy atom. The highest BCUT2D eigenvalue weighted by Gasteiger charge is 2.26. The van der Waals surface area contributed by atoms with Gasteiger partial charge in [0, 0.05) is 12.8 Å². The second-order valence-corrected chi connectivity index (χ2v) is 8.43. The topological polar surface area (TPSA) is 156 Å². The van der Waals surface area contributed by atoms with E-state index in [2.05, 4.69) is 20.8 Å². The van der Waals surface area contributed by atoms with E-state index in [4.69, 9.17) is 30.6 Å². The average Bonchev–Trinajstić information content (AvgIpc) is 2.73. The normalized spacial score (nSPS) is 10.7. The molecule has 0 bridgehead atoms. The summed E-state index contributed by atoms with van der Waals surface area (Å²) in [5.41, 5.74) is -1.11. The maximum atomic E-state index is 10.1. The number of aliphatic carboxylic acids is 2. The molecule has 0 aliphatic heterocycles. The van der Waals surface area contributed by atoms with Crippen molar-refractivity contribution in [1.82, 2.24) is 0 Å². The average molecular weight is 453 g/mol. The van der Waals surface area contributed by atoms with Gasteiger partial charge in [0.15, 0.2) is 0 Å². The van der Waals surface area contributed by atoms with Crippen molar-refractivity contribution in [2.75, 3.05) is 26.4 Å². The number of hydrogen-bond donors (Lipinski definition) is 6. The van der Waals surface area contributed by atoms with Crippen LogP contribution in [0.5, 0.6) is 0 Å². The zero-order valence-corrected chi connectivity index (χ0v) is 19.9. The smallest absolute Gasteiger partial charge is 0.303 e. The number of carbonyl (C=O) groups is 2. The second kappa shape index (κ2) is 25.0. The number of hydrogen-bond acceptors (Lipinski definition) is 6. The van der Waals surface area contributed by atoms with Gasteiger partial charge in [-0.1, -0.05) is 72.1 Å². The van der Waals surface area contributed by atoms with Crippen LogP contribution in [0.1, 0.15) is 97.8 Å². The van der Waals surface area contributed by atoms with E-state index in [1.807, 2.05) is 0 Å². The molecule has 0 atom stereocenters. The summed E-state index contributed by atoms with van der Waals surface area (Å²) in [4.78, 5) is 20.2. The number of aliphatic hydroxyl groups excluding tert-OH is 4. The van der Waals surface area contributed by atoms with E-state index >= 15 is 0 Å². The SMILES string of the molecule is CC(C)CCCCC(=O)O.CCCCCCCCCC(=O)O.OCC(CO)(CO)CO. The summed E-state index contributed by atoms with van der Waals surface area (Å²) in [6.45, 7) is 4.88. The summed E-state index contributed by atoms with van der Waals surface area (Å²) in [6, 6.07) is 0. The van der Waals surface area contributed by atoms with Crippen LogP contribution in [0.4, 0.5) is 0 Å². The molecule has 0 aliphatic rings. The number of carboxylic acids is 2. The minimum absolute atomic E-state index is 0.326. The van der Waals surface area contributed by atoms with Crippen molar-refractivity contribution < 1.29 is 40.2 Å². The molecule has 0 spiro atoms. The van der Waals surface area contributed by atoms with Gasteiger partial charge in [-0.3, -0.25) is 9.59 Å². The minimum Gasteiger partial charge on any atom is -0.481 e. The first-order chi connectivity index (χ1) is 14.6. The van der Waals surface area contributed by atoms with Crippen LogP contribution in [0.2, 0.25) is 0 Å². The molecule has 8 heteroatoms. The monoisotopic (exact) mass is 452 g/mol. The van der Waals surface area contributed by atoms with Crippen molar-refractivity contribution in [2.45, 2.75) is 97.8 Å². The van der Waals surface area contributed by atoms with Gasteiger partial charge in [-0.25, -0.2) is 0 Å². The molecule has 188 valence electrons. The van der Waals surface area contributed by atoms with Crippen LogP contribution in [-0.2, 0) is 9.59 Å². The molecule has 0 saturated heterocycles. The lowest BCUT2D eigenvalue weighted by Gasteiger charge is -2.23. The third kappa shape index (κ3) is 28.8. The molecule has 0 rings (SSSR count). The summed E-state index contributed by atoms with van der Waals surface area (Å²) < 4.78 is 0. The van der Waals surface area contributed by atoms with E-state index in [0.29, 0.717) is 18.8 Å². The fourth-order valence-electron chi connectivity index (χ4n) is 2.36.